The van der Waals surface area contributed by atoms with Crippen LogP contribution in [0.1, 0.15) is 29.3 Å². The van der Waals surface area contributed by atoms with Gasteiger partial charge in [0.15, 0.2) is 0 Å². The summed E-state index contributed by atoms with van der Waals surface area (Å²) >= 11 is 0. The Morgan fingerprint density at radius 2 is 1.94 bits per heavy atom. The van der Waals surface area contributed by atoms with Crippen molar-refractivity contribution in [3.8, 4) is 5.75 Å². The Hall–Kier alpha value is -3.71. The molecule has 1 aliphatic rings. The van der Waals surface area contributed by atoms with Crippen molar-refractivity contribution in [2.45, 2.75) is 38.8 Å². The molecule has 3 aromatic carbocycles. The van der Waals surface area contributed by atoms with Gasteiger partial charge in [-0.05, 0) is 55.8 Å². The molecule has 2 heterocycles. The molecule has 0 radical (unpaired) electrons. The molecule has 0 saturated carbocycles. The lowest BCUT2D eigenvalue weighted by molar-refractivity contribution is -0.117. The molecule has 5 rings (SSSR count). The Bertz CT molecular complexity index is 1380. The van der Waals surface area contributed by atoms with E-state index >= 15 is 0 Å². The predicted octanol–water partition coefficient (Wildman–Crippen LogP) is 4.75. The summed E-state index contributed by atoms with van der Waals surface area (Å²) in [7, 11) is 0. The van der Waals surface area contributed by atoms with Crippen molar-refractivity contribution in [1.82, 2.24) is 9.55 Å². The van der Waals surface area contributed by atoms with E-state index in [1.54, 1.807) is 17.0 Å². The van der Waals surface area contributed by atoms with E-state index in [9.17, 15) is 14.3 Å². The van der Waals surface area contributed by atoms with Gasteiger partial charge in [0.1, 0.15) is 30.1 Å². The number of aromatic nitrogens is 2. The lowest BCUT2D eigenvalue weighted by atomic mass is 10.1. The number of ether oxygens (including phenoxy) is 1. The average Bonchev–Trinajstić information content (AvgIpc) is 3.39. The molecule has 4 aromatic rings. The van der Waals surface area contributed by atoms with E-state index in [1.807, 2.05) is 60.9 Å². The van der Waals surface area contributed by atoms with Gasteiger partial charge in [-0.3, -0.25) is 4.79 Å². The van der Waals surface area contributed by atoms with Crippen LogP contribution in [0, 0.1) is 19.7 Å². The fourth-order valence-corrected chi connectivity index (χ4v) is 4.78. The highest BCUT2D eigenvalue weighted by molar-refractivity contribution is 5.96. The van der Waals surface area contributed by atoms with Crippen LogP contribution in [-0.2, 0) is 11.3 Å². The number of rotatable bonds is 7. The SMILES string of the molecule is Cc1ccc(OC[C@@H](O)Cn2c([C@@H]3CC(=O)N(c4cccc(F)c4)C3)nc3ccccc32)c(C)c1. The van der Waals surface area contributed by atoms with Crippen LogP contribution in [0.25, 0.3) is 11.0 Å². The second-order valence-electron chi connectivity index (χ2n) is 9.19. The number of imidazole rings is 1. The number of hydrogen-bond acceptors (Lipinski definition) is 4. The Morgan fingerprint density at radius 1 is 1.11 bits per heavy atom. The number of fused-ring (bicyclic) bond motifs is 1. The third-order valence-electron chi connectivity index (χ3n) is 6.45. The van der Waals surface area contributed by atoms with Crippen LogP contribution in [0.3, 0.4) is 0 Å². The van der Waals surface area contributed by atoms with Crippen LogP contribution in [0.2, 0.25) is 0 Å². The zero-order chi connectivity index (χ0) is 24.5. The molecule has 0 unspecified atom stereocenters. The monoisotopic (exact) mass is 473 g/mol. The summed E-state index contributed by atoms with van der Waals surface area (Å²) in [6.45, 7) is 4.83. The third-order valence-corrected chi connectivity index (χ3v) is 6.45. The van der Waals surface area contributed by atoms with E-state index in [4.69, 9.17) is 9.72 Å². The van der Waals surface area contributed by atoms with E-state index in [0.717, 1.165) is 33.7 Å². The van der Waals surface area contributed by atoms with Crippen LogP contribution in [0.15, 0.2) is 66.7 Å². The highest BCUT2D eigenvalue weighted by atomic mass is 19.1. The number of aryl methyl sites for hydroxylation is 2. The molecule has 35 heavy (non-hydrogen) atoms. The first kappa shape index (κ1) is 23.1. The number of amides is 1. The van der Waals surface area contributed by atoms with E-state index in [-0.39, 0.29) is 37.2 Å². The molecular weight excluding hydrogens is 445 g/mol. The van der Waals surface area contributed by atoms with Gasteiger partial charge in [0.25, 0.3) is 0 Å². The smallest absolute Gasteiger partial charge is 0.227 e. The summed E-state index contributed by atoms with van der Waals surface area (Å²) < 4.78 is 21.6. The van der Waals surface area contributed by atoms with Crippen LogP contribution in [0.5, 0.6) is 5.75 Å². The molecule has 0 aliphatic carbocycles. The molecule has 1 aromatic heterocycles. The molecule has 2 atom stereocenters. The molecule has 1 amide bonds. The first-order valence-electron chi connectivity index (χ1n) is 11.8. The minimum Gasteiger partial charge on any atom is -0.491 e. The van der Waals surface area contributed by atoms with Gasteiger partial charge in [-0.25, -0.2) is 9.37 Å². The number of carbonyl (C=O) groups excluding carboxylic acids is 1. The minimum atomic E-state index is -0.775. The lowest BCUT2D eigenvalue weighted by Crippen LogP contribution is -2.26. The maximum atomic E-state index is 13.8. The fourth-order valence-electron chi connectivity index (χ4n) is 4.78. The van der Waals surface area contributed by atoms with Crippen molar-refractivity contribution in [2.24, 2.45) is 0 Å². The van der Waals surface area contributed by atoms with E-state index in [1.165, 1.54) is 12.1 Å². The average molecular weight is 474 g/mol. The van der Waals surface area contributed by atoms with Gasteiger partial charge < -0.3 is 19.3 Å². The summed E-state index contributed by atoms with van der Waals surface area (Å²) in [5, 5.41) is 10.9. The topological polar surface area (TPSA) is 67.6 Å². The third kappa shape index (κ3) is 4.77. The van der Waals surface area contributed by atoms with E-state index in [2.05, 4.69) is 0 Å². The van der Waals surface area contributed by atoms with Crippen molar-refractivity contribution < 1.29 is 19.0 Å². The summed E-state index contributed by atoms with van der Waals surface area (Å²) in [5.41, 5.74) is 4.42. The summed E-state index contributed by atoms with van der Waals surface area (Å²) in [6.07, 6.45) is -0.502. The minimum absolute atomic E-state index is 0.0714. The molecule has 6 nitrogen and oxygen atoms in total. The number of hydrogen-bond donors (Lipinski definition) is 1. The fraction of sp³-hybridized carbons (Fsp3) is 0.286. The van der Waals surface area contributed by atoms with Gasteiger partial charge in [-0.2, -0.15) is 0 Å². The van der Waals surface area contributed by atoms with Gasteiger partial charge in [-0.1, -0.05) is 35.9 Å². The van der Waals surface area contributed by atoms with E-state index in [0.29, 0.717) is 12.2 Å². The first-order chi connectivity index (χ1) is 16.9. The number of benzene rings is 3. The van der Waals surface area contributed by atoms with E-state index < -0.39 is 6.10 Å². The van der Waals surface area contributed by atoms with Crippen molar-refractivity contribution in [2.75, 3.05) is 18.1 Å². The second-order valence-corrected chi connectivity index (χ2v) is 9.19. The number of anilines is 1. The molecule has 1 saturated heterocycles. The zero-order valence-electron chi connectivity index (χ0n) is 19.8. The van der Waals surface area contributed by atoms with Crippen molar-refractivity contribution in [3.63, 3.8) is 0 Å². The second kappa shape index (κ2) is 9.50. The number of nitrogens with zero attached hydrogens (tertiary/aromatic N) is 3. The van der Waals surface area contributed by atoms with Crippen LogP contribution < -0.4 is 9.64 Å². The quantitative estimate of drug-likeness (QED) is 0.421. The van der Waals surface area contributed by atoms with Crippen molar-refractivity contribution in [3.05, 3.63) is 89.5 Å². The molecule has 1 fully saturated rings. The summed E-state index contributed by atoms with van der Waals surface area (Å²) in [6, 6.07) is 19.8. The van der Waals surface area contributed by atoms with Gasteiger partial charge in [-0.15, -0.1) is 0 Å². The number of para-hydroxylation sites is 2. The molecule has 7 heteroatoms. The highest BCUT2D eigenvalue weighted by Crippen LogP contribution is 2.33. The Labute approximate surface area is 203 Å². The van der Waals surface area contributed by atoms with Gasteiger partial charge in [0, 0.05) is 24.6 Å². The Kier molecular flexibility index (Phi) is 6.26. The van der Waals surface area contributed by atoms with Crippen LogP contribution in [-0.4, -0.2) is 39.8 Å². The molecule has 180 valence electrons. The Morgan fingerprint density at radius 3 is 2.74 bits per heavy atom. The standard InChI is InChI=1S/C28H28FN3O3/c1-18-10-11-26(19(2)12-18)35-17-23(33)16-32-25-9-4-3-8-24(25)30-28(32)20-13-27(34)31(15-20)22-7-5-6-21(29)14-22/h3-12,14,20,23,33H,13,15-17H2,1-2H3/t20-,23+/m1/s1. The van der Waals surface area contributed by atoms with Crippen LogP contribution >= 0.6 is 0 Å². The maximum Gasteiger partial charge on any atom is 0.227 e. The highest BCUT2D eigenvalue weighted by Gasteiger charge is 2.35. The lowest BCUT2D eigenvalue weighted by Gasteiger charge is -2.19. The number of aliphatic hydroxyl groups excluding tert-OH is 1. The molecule has 1 aliphatic heterocycles. The molecular formula is C28H28FN3O3. The van der Waals surface area contributed by atoms with Crippen LogP contribution in [0.4, 0.5) is 10.1 Å². The summed E-state index contributed by atoms with van der Waals surface area (Å²) in [4.78, 5) is 19.3. The van der Waals surface area contributed by atoms with Crippen molar-refractivity contribution >= 4 is 22.6 Å². The number of carbonyl (C=O) groups is 1. The molecule has 0 bridgehead atoms. The van der Waals surface area contributed by atoms with Gasteiger partial charge >= 0.3 is 0 Å². The van der Waals surface area contributed by atoms with Gasteiger partial charge in [0.05, 0.1) is 17.6 Å². The zero-order valence-corrected chi connectivity index (χ0v) is 19.8. The number of halogens is 1. The first-order valence-corrected chi connectivity index (χ1v) is 11.8. The molecule has 0 spiro atoms. The summed E-state index contributed by atoms with van der Waals surface area (Å²) in [5.74, 6) is 0.864. The maximum absolute atomic E-state index is 13.8. The predicted molar refractivity (Wildman–Crippen MR) is 133 cm³/mol. The van der Waals surface area contributed by atoms with Crippen molar-refractivity contribution in [1.29, 1.82) is 0 Å². The largest absolute Gasteiger partial charge is 0.491 e. The molecule has 1 N–H and O–H groups in total. The van der Waals surface area contributed by atoms with Gasteiger partial charge in [0.2, 0.25) is 5.91 Å². The Balaban J connectivity index is 1.38. The normalized spacial score (nSPS) is 16.7. The number of aliphatic hydroxyl groups is 1.